The Morgan fingerprint density at radius 1 is 0.913 bits per heavy atom. The Morgan fingerprint density at radius 3 is 1.83 bits per heavy atom. The minimum absolute atomic E-state index is 0.00821. The molecular formula is C15H9F5O3. The molecule has 2 aromatic carbocycles. The fourth-order valence-electron chi connectivity index (χ4n) is 1.75. The molecule has 122 valence electrons. The summed E-state index contributed by atoms with van der Waals surface area (Å²) >= 11 is 0. The number of hydrogen-bond donors (Lipinski definition) is 1. The second kappa shape index (κ2) is 5.96. The van der Waals surface area contributed by atoms with Crippen molar-refractivity contribution in [2.75, 3.05) is 0 Å². The molecule has 0 aromatic heterocycles. The first-order valence-electron chi connectivity index (χ1n) is 6.19. The number of hydrogen-bond acceptors (Lipinski definition) is 3. The highest BCUT2D eigenvalue weighted by Crippen LogP contribution is 2.31. The summed E-state index contributed by atoms with van der Waals surface area (Å²) in [7, 11) is 0. The van der Waals surface area contributed by atoms with Gasteiger partial charge in [0.25, 0.3) is 0 Å². The fourth-order valence-corrected chi connectivity index (χ4v) is 1.75. The van der Waals surface area contributed by atoms with Gasteiger partial charge >= 0.3 is 5.97 Å². The lowest BCUT2D eigenvalue weighted by atomic mass is 9.96. The second-order valence-electron chi connectivity index (χ2n) is 4.73. The Balaban J connectivity index is 2.42. The lowest BCUT2D eigenvalue weighted by Gasteiger charge is -2.22. The molecule has 0 heterocycles. The van der Waals surface area contributed by atoms with Crippen molar-refractivity contribution in [2.45, 2.75) is 12.5 Å². The van der Waals surface area contributed by atoms with Crippen LogP contribution in [0.15, 0.2) is 30.3 Å². The van der Waals surface area contributed by atoms with E-state index in [1.807, 2.05) is 0 Å². The van der Waals surface area contributed by atoms with E-state index < -0.39 is 46.4 Å². The number of benzene rings is 2. The molecule has 1 N–H and O–H groups in total. The summed E-state index contributed by atoms with van der Waals surface area (Å²) in [6.45, 7) is 0.955. The van der Waals surface area contributed by atoms with Gasteiger partial charge in [-0.3, -0.25) is 0 Å². The summed E-state index contributed by atoms with van der Waals surface area (Å²) in [6, 6.07) is 7.15. The maximum atomic E-state index is 13.5. The van der Waals surface area contributed by atoms with Crippen LogP contribution < -0.4 is 4.74 Å². The van der Waals surface area contributed by atoms with E-state index in [0.29, 0.717) is 0 Å². The van der Waals surface area contributed by atoms with Crippen LogP contribution in [0.25, 0.3) is 0 Å². The lowest BCUT2D eigenvalue weighted by Crippen LogP contribution is -2.36. The molecule has 1 atom stereocenters. The minimum Gasteiger partial charge on any atom is -0.418 e. The number of rotatable bonds is 3. The highest BCUT2D eigenvalue weighted by Gasteiger charge is 2.37. The molecular weight excluding hydrogens is 323 g/mol. The maximum Gasteiger partial charge on any atom is 0.348 e. The van der Waals surface area contributed by atoms with E-state index in [2.05, 4.69) is 4.74 Å². The van der Waals surface area contributed by atoms with Crippen molar-refractivity contribution in [1.29, 1.82) is 0 Å². The Bertz CT molecular complexity index is 730. The normalized spacial score (nSPS) is 13.5. The summed E-state index contributed by atoms with van der Waals surface area (Å²) in [6.07, 6.45) is 0. The predicted octanol–water partition coefficient (Wildman–Crippen LogP) is 3.20. The quantitative estimate of drug-likeness (QED) is 0.309. The van der Waals surface area contributed by atoms with Gasteiger partial charge in [-0.05, 0) is 12.5 Å². The van der Waals surface area contributed by atoms with Crippen LogP contribution in [0.4, 0.5) is 22.0 Å². The molecule has 0 amide bonds. The highest BCUT2D eigenvalue weighted by atomic mass is 19.2. The van der Waals surface area contributed by atoms with Crippen molar-refractivity contribution >= 4 is 5.97 Å². The van der Waals surface area contributed by atoms with Crippen LogP contribution in [0.1, 0.15) is 12.5 Å². The molecule has 2 rings (SSSR count). The highest BCUT2D eigenvalue weighted by molar-refractivity contribution is 5.82. The van der Waals surface area contributed by atoms with Gasteiger partial charge in [-0.2, -0.15) is 8.78 Å². The van der Waals surface area contributed by atoms with Crippen LogP contribution in [-0.2, 0) is 10.4 Å². The molecule has 8 heteroatoms. The molecule has 2 aromatic rings. The first-order chi connectivity index (χ1) is 10.7. The van der Waals surface area contributed by atoms with E-state index in [9.17, 15) is 31.9 Å². The van der Waals surface area contributed by atoms with E-state index in [-0.39, 0.29) is 5.56 Å². The molecule has 0 saturated carbocycles. The van der Waals surface area contributed by atoms with Crippen LogP contribution in [0.2, 0.25) is 0 Å². The van der Waals surface area contributed by atoms with Crippen molar-refractivity contribution in [3.8, 4) is 5.75 Å². The van der Waals surface area contributed by atoms with Gasteiger partial charge in [0, 0.05) is 0 Å². The van der Waals surface area contributed by atoms with Crippen LogP contribution in [0.3, 0.4) is 0 Å². The van der Waals surface area contributed by atoms with Crippen LogP contribution in [-0.4, -0.2) is 11.1 Å². The molecule has 0 spiro atoms. The van der Waals surface area contributed by atoms with Crippen molar-refractivity contribution in [3.05, 3.63) is 65.0 Å². The molecule has 0 fully saturated rings. The molecule has 3 nitrogen and oxygen atoms in total. The van der Waals surface area contributed by atoms with Gasteiger partial charge < -0.3 is 9.84 Å². The number of carbonyl (C=O) groups excluding carboxylic acids is 1. The third-order valence-corrected chi connectivity index (χ3v) is 3.10. The van der Waals surface area contributed by atoms with Gasteiger partial charge in [0.1, 0.15) is 0 Å². The first-order valence-corrected chi connectivity index (χ1v) is 6.19. The Morgan fingerprint density at radius 2 is 1.35 bits per heavy atom. The van der Waals surface area contributed by atoms with Crippen LogP contribution >= 0.6 is 0 Å². The average Bonchev–Trinajstić information content (AvgIpc) is 2.55. The SMILES string of the molecule is CC(O)(C(=O)Oc1c(F)c(F)c(F)c(F)c1F)c1ccccc1. The topological polar surface area (TPSA) is 46.5 Å². The maximum absolute atomic E-state index is 13.5. The molecule has 23 heavy (non-hydrogen) atoms. The zero-order chi connectivity index (χ0) is 17.4. The second-order valence-corrected chi connectivity index (χ2v) is 4.73. The number of carbonyl (C=O) groups is 1. The van der Waals surface area contributed by atoms with Gasteiger partial charge in [-0.1, -0.05) is 30.3 Å². The van der Waals surface area contributed by atoms with Crippen LogP contribution in [0.5, 0.6) is 5.75 Å². The monoisotopic (exact) mass is 332 g/mol. The standard InChI is InChI=1S/C15H9F5O3/c1-15(22,7-5-3-2-4-6-7)14(21)23-13-11(19)9(17)8(16)10(18)12(13)20/h2-6,22H,1H3. The van der Waals surface area contributed by atoms with Crippen molar-refractivity contribution in [1.82, 2.24) is 0 Å². The first kappa shape index (κ1) is 16.9. The number of halogens is 5. The number of aliphatic hydroxyl groups is 1. The van der Waals surface area contributed by atoms with E-state index in [1.165, 1.54) is 24.3 Å². The van der Waals surface area contributed by atoms with E-state index in [4.69, 9.17) is 0 Å². The zero-order valence-corrected chi connectivity index (χ0v) is 11.5. The van der Waals surface area contributed by atoms with Gasteiger partial charge in [-0.15, -0.1) is 0 Å². The third-order valence-electron chi connectivity index (χ3n) is 3.10. The van der Waals surface area contributed by atoms with Gasteiger partial charge in [0.15, 0.2) is 5.60 Å². The molecule has 0 aliphatic carbocycles. The molecule has 0 bridgehead atoms. The van der Waals surface area contributed by atoms with E-state index >= 15 is 0 Å². The zero-order valence-electron chi connectivity index (χ0n) is 11.5. The van der Waals surface area contributed by atoms with Gasteiger partial charge in [-0.25, -0.2) is 18.0 Å². The molecule has 0 radical (unpaired) electrons. The minimum atomic E-state index is -2.38. The smallest absolute Gasteiger partial charge is 0.348 e. The Labute approximate surface area is 126 Å². The van der Waals surface area contributed by atoms with Crippen molar-refractivity contribution in [2.24, 2.45) is 0 Å². The van der Waals surface area contributed by atoms with Crippen LogP contribution in [0, 0.1) is 29.1 Å². The molecule has 0 aliphatic rings. The number of ether oxygens (including phenoxy) is 1. The van der Waals surface area contributed by atoms with Crippen molar-refractivity contribution < 1.29 is 36.6 Å². The summed E-state index contributed by atoms with van der Waals surface area (Å²) in [5.41, 5.74) is -2.35. The lowest BCUT2D eigenvalue weighted by molar-refractivity contribution is -0.155. The largest absolute Gasteiger partial charge is 0.418 e. The summed E-state index contributed by atoms with van der Waals surface area (Å²) in [5.74, 6) is -14.9. The predicted molar refractivity (Wildman–Crippen MR) is 67.9 cm³/mol. The summed E-state index contributed by atoms with van der Waals surface area (Å²) in [5, 5.41) is 10.1. The molecule has 0 saturated heterocycles. The van der Waals surface area contributed by atoms with Gasteiger partial charge in [0.05, 0.1) is 0 Å². The molecule has 1 unspecified atom stereocenters. The van der Waals surface area contributed by atoms with E-state index in [1.54, 1.807) is 6.07 Å². The third kappa shape index (κ3) is 2.89. The Kier molecular flexibility index (Phi) is 4.37. The average molecular weight is 332 g/mol. The molecule has 0 aliphatic heterocycles. The van der Waals surface area contributed by atoms with Gasteiger partial charge in [0.2, 0.25) is 34.8 Å². The summed E-state index contributed by atoms with van der Waals surface area (Å²) < 4.78 is 70.2. The number of esters is 1. The Hall–Kier alpha value is -2.48. The van der Waals surface area contributed by atoms with Crippen molar-refractivity contribution in [3.63, 3.8) is 0 Å². The summed E-state index contributed by atoms with van der Waals surface area (Å²) in [4.78, 5) is 11.9. The fraction of sp³-hybridized carbons (Fsp3) is 0.133. The van der Waals surface area contributed by atoms with E-state index in [0.717, 1.165) is 6.92 Å².